The Morgan fingerprint density at radius 1 is 0.917 bits per heavy atom. The summed E-state index contributed by atoms with van der Waals surface area (Å²) in [5, 5.41) is 9.70. The number of hydrogen-bond donors (Lipinski definition) is 1. The first-order chi connectivity index (χ1) is 11.4. The van der Waals surface area contributed by atoms with Gasteiger partial charge >= 0.3 is 0 Å². The zero-order chi connectivity index (χ0) is 17.9. The van der Waals surface area contributed by atoms with Crippen LogP contribution in [0, 0.1) is 11.8 Å². The highest BCUT2D eigenvalue weighted by Gasteiger charge is 2.50. The van der Waals surface area contributed by atoms with Gasteiger partial charge in [0.1, 0.15) is 0 Å². The van der Waals surface area contributed by atoms with E-state index in [2.05, 4.69) is 71.9 Å². The number of hydrogen-bond acceptors (Lipinski definition) is 2. The van der Waals surface area contributed by atoms with Gasteiger partial charge in [-0.25, -0.2) is 0 Å². The molecule has 0 spiro atoms. The summed E-state index contributed by atoms with van der Waals surface area (Å²) in [6.07, 6.45) is 1.08. The van der Waals surface area contributed by atoms with Crippen molar-refractivity contribution in [3.05, 3.63) is 35.9 Å². The minimum atomic E-state index is -1.76. The molecular weight excluding hydrogens is 312 g/mol. The van der Waals surface area contributed by atoms with E-state index in [4.69, 9.17) is 4.43 Å². The second kappa shape index (κ2) is 8.16. The summed E-state index contributed by atoms with van der Waals surface area (Å²) in [6, 6.07) is 10.7. The van der Waals surface area contributed by atoms with Gasteiger partial charge in [-0.15, -0.1) is 0 Å². The van der Waals surface area contributed by atoms with Crippen LogP contribution in [0.4, 0.5) is 0 Å². The Kier molecular flexibility index (Phi) is 6.69. The molecule has 1 aliphatic rings. The van der Waals surface area contributed by atoms with E-state index in [1.54, 1.807) is 0 Å². The predicted molar refractivity (Wildman–Crippen MR) is 105 cm³/mol. The van der Waals surface area contributed by atoms with E-state index in [0.29, 0.717) is 41.0 Å². The van der Waals surface area contributed by atoms with E-state index in [-0.39, 0.29) is 0 Å². The van der Waals surface area contributed by atoms with Crippen LogP contribution in [0.3, 0.4) is 0 Å². The Balaban J connectivity index is 1.98. The standard InChI is InChI=1S/C21H36O2Si/c1-15(2)24(16(3)4,17(5)6)23-13-12-19-20(14-22)21(19)18-10-8-7-9-11-18/h7-11,15-17,19-22H,12-14H2,1-6H3/t19-,20-,21-/m0/s1. The maximum absolute atomic E-state index is 9.70. The number of benzene rings is 1. The highest BCUT2D eigenvalue weighted by Crippen LogP contribution is 2.55. The van der Waals surface area contributed by atoms with Crippen LogP contribution >= 0.6 is 0 Å². The third-order valence-electron chi connectivity index (χ3n) is 6.24. The summed E-state index contributed by atoms with van der Waals surface area (Å²) in [7, 11) is -1.76. The molecule has 2 rings (SSSR count). The van der Waals surface area contributed by atoms with Crippen LogP contribution in [-0.4, -0.2) is 26.6 Å². The second-order valence-corrected chi connectivity index (χ2v) is 13.9. The third kappa shape index (κ3) is 3.78. The zero-order valence-corrected chi connectivity index (χ0v) is 17.3. The van der Waals surface area contributed by atoms with Crippen molar-refractivity contribution in [2.45, 2.75) is 70.5 Å². The predicted octanol–water partition coefficient (Wildman–Crippen LogP) is 5.59. The molecule has 0 aromatic heterocycles. The zero-order valence-electron chi connectivity index (χ0n) is 16.3. The van der Waals surface area contributed by atoms with E-state index in [1.807, 2.05) is 0 Å². The molecule has 1 N–H and O–H groups in total. The van der Waals surface area contributed by atoms with Crippen molar-refractivity contribution in [2.24, 2.45) is 11.8 Å². The normalized spacial score (nSPS) is 24.2. The molecule has 0 bridgehead atoms. The van der Waals surface area contributed by atoms with Gasteiger partial charge in [-0.05, 0) is 46.4 Å². The summed E-state index contributed by atoms with van der Waals surface area (Å²) in [6.45, 7) is 15.2. The SMILES string of the molecule is CC(C)[Si](OCC[C@H]1[C@H](CO)[C@H]1c1ccccc1)(C(C)C)C(C)C. The van der Waals surface area contributed by atoms with Gasteiger partial charge in [-0.2, -0.15) is 0 Å². The lowest BCUT2D eigenvalue weighted by molar-refractivity contribution is 0.243. The van der Waals surface area contributed by atoms with Gasteiger partial charge in [0.05, 0.1) is 0 Å². The maximum atomic E-state index is 9.70. The van der Waals surface area contributed by atoms with E-state index < -0.39 is 8.32 Å². The van der Waals surface area contributed by atoms with Crippen molar-refractivity contribution in [1.29, 1.82) is 0 Å². The Labute approximate surface area is 149 Å². The van der Waals surface area contributed by atoms with E-state index in [9.17, 15) is 5.11 Å². The quantitative estimate of drug-likeness (QED) is 0.589. The van der Waals surface area contributed by atoms with Crippen LogP contribution in [0.5, 0.6) is 0 Å². The van der Waals surface area contributed by atoms with E-state index >= 15 is 0 Å². The molecule has 1 fully saturated rings. The van der Waals surface area contributed by atoms with Gasteiger partial charge in [0.25, 0.3) is 0 Å². The highest BCUT2D eigenvalue weighted by molar-refractivity contribution is 6.77. The van der Waals surface area contributed by atoms with Crippen molar-refractivity contribution < 1.29 is 9.53 Å². The fraction of sp³-hybridized carbons (Fsp3) is 0.714. The molecule has 0 amide bonds. The summed E-state index contributed by atoms with van der Waals surface area (Å²) >= 11 is 0. The fourth-order valence-electron chi connectivity index (χ4n) is 5.13. The molecule has 1 saturated carbocycles. The van der Waals surface area contributed by atoms with Crippen molar-refractivity contribution in [3.63, 3.8) is 0 Å². The number of rotatable bonds is 9. The fourth-order valence-corrected chi connectivity index (χ4v) is 10.6. The molecule has 136 valence electrons. The molecule has 0 heterocycles. The number of aliphatic hydroxyl groups excluding tert-OH is 1. The molecule has 24 heavy (non-hydrogen) atoms. The summed E-state index contributed by atoms with van der Waals surface area (Å²) in [5.74, 6) is 1.52. The van der Waals surface area contributed by atoms with Crippen molar-refractivity contribution in [1.82, 2.24) is 0 Å². The molecule has 2 nitrogen and oxygen atoms in total. The number of aliphatic hydroxyl groups is 1. The van der Waals surface area contributed by atoms with Crippen molar-refractivity contribution in [2.75, 3.05) is 13.2 Å². The van der Waals surface area contributed by atoms with Gasteiger partial charge in [-0.1, -0.05) is 71.9 Å². The van der Waals surface area contributed by atoms with Crippen molar-refractivity contribution >= 4 is 8.32 Å². The van der Waals surface area contributed by atoms with Crippen LogP contribution in [0.1, 0.15) is 59.4 Å². The van der Waals surface area contributed by atoms with Crippen LogP contribution in [0.2, 0.25) is 16.6 Å². The molecule has 0 aliphatic heterocycles. The first kappa shape index (κ1) is 19.7. The van der Waals surface area contributed by atoms with Crippen molar-refractivity contribution in [3.8, 4) is 0 Å². The molecule has 3 heteroatoms. The topological polar surface area (TPSA) is 29.5 Å². The molecule has 3 atom stereocenters. The van der Waals surface area contributed by atoms with Crippen LogP contribution in [0.15, 0.2) is 30.3 Å². The van der Waals surface area contributed by atoms with Crippen LogP contribution in [-0.2, 0) is 4.43 Å². The highest BCUT2D eigenvalue weighted by atomic mass is 28.4. The lowest BCUT2D eigenvalue weighted by Crippen LogP contribution is -2.48. The summed E-state index contributed by atoms with van der Waals surface area (Å²) in [4.78, 5) is 0. The smallest absolute Gasteiger partial charge is 0.200 e. The first-order valence-corrected chi connectivity index (χ1v) is 11.8. The molecule has 1 aliphatic carbocycles. The summed E-state index contributed by atoms with van der Waals surface area (Å²) < 4.78 is 6.70. The molecule has 1 aromatic carbocycles. The Morgan fingerprint density at radius 3 is 1.92 bits per heavy atom. The molecule has 0 radical (unpaired) electrons. The maximum Gasteiger partial charge on any atom is 0.200 e. The third-order valence-corrected chi connectivity index (χ3v) is 12.4. The van der Waals surface area contributed by atoms with Gasteiger partial charge in [0.15, 0.2) is 8.32 Å². The molecule has 1 aromatic rings. The van der Waals surface area contributed by atoms with Gasteiger partial charge < -0.3 is 9.53 Å². The van der Waals surface area contributed by atoms with Crippen LogP contribution in [0.25, 0.3) is 0 Å². The molecular formula is C21H36O2Si. The van der Waals surface area contributed by atoms with E-state index in [1.165, 1.54) is 5.56 Å². The largest absolute Gasteiger partial charge is 0.416 e. The Bertz CT molecular complexity index is 476. The second-order valence-electron chi connectivity index (χ2n) is 8.40. The Hall–Kier alpha value is -0.643. The lowest BCUT2D eigenvalue weighted by Gasteiger charge is -2.42. The molecule has 0 saturated heterocycles. The average Bonchev–Trinajstić information content (AvgIpc) is 3.24. The molecule has 0 unspecified atom stereocenters. The van der Waals surface area contributed by atoms with Gasteiger partial charge in [-0.3, -0.25) is 0 Å². The minimum absolute atomic E-state index is 0.297. The summed E-state index contributed by atoms with van der Waals surface area (Å²) in [5.41, 5.74) is 3.28. The monoisotopic (exact) mass is 348 g/mol. The van der Waals surface area contributed by atoms with Gasteiger partial charge in [0, 0.05) is 13.2 Å². The van der Waals surface area contributed by atoms with Crippen LogP contribution < -0.4 is 0 Å². The average molecular weight is 349 g/mol. The minimum Gasteiger partial charge on any atom is -0.416 e. The van der Waals surface area contributed by atoms with E-state index in [0.717, 1.165) is 13.0 Å². The van der Waals surface area contributed by atoms with Gasteiger partial charge in [0.2, 0.25) is 0 Å². The first-order valence-electron chi connectivity index (χ1n) is 9.66. The Morgan fingerprint density at radius 2 is 1.46 bits per heavy atom. The lowest BCUT2D eigenvalue weighted by atomic mass is 10.1.